The summed E-state index contributed by atoms with van der Waals surface area (Å²) in [4.78, 5) is 8.00. The molecule has 2 aromatic heterocycles. The summed E-state index contributed by atoms with van der Waals surface area (Å²) in [6.07, 6.45) is 5.30. The van der Waals surface area contributed by atoms with Gasteiger partial charge in [-0.3, -0.25) is 4.40 Å². The van der Waals surface area contributed by atoms with Gasteiger partial charge >= 0.3 is 0 Å². The normalized spacial score (nSPS) is 13.1. The average molecular weight is 304 g/mol. The van der Waals surface area contributed by atoms with Gasteiger partial charge in [-0.2, -0.15) is 11.8 Å². The SMILES string of the molecule is CCC(CSC)N(C)c1nc2sccn2c1CCl. The van der Waals surface area contributed by atoms with Gasteiger partial charge in [0.2, 0.25) is 0 Å². The lowest BCUT2D eigenvalue weighted by molar-refractivity contribution is 0.665. The molecule has 3 nitrogen and oxygen atoms in total. The summed E-state index contributed by atoms with van der Waals surface area (Å²) in [5, 5.41) is 2.04. The van der Waals surface area contributed by atoms with Crippen LogP contribution in [-0.4, -0.2) is 34.5 Å². The summed E-state index contributed by atoms with van der Waals surface area (Å²) >= 11 is 9.61. The summed E-state index contributed by atoms with van der Waals surface area (Å²) < 4.78 is 2.09. The first kappa shape index (κ1) is 14.0. The molecule has 0 bridgehead atoms. The van der Waals surface area contributed by atoms with Gasteiger partial charge in [-0.1, -0.05) is 6.92 Å². The van der Waals surface area contributed by atoms with E-state index in [1.807, 2.05) is 23.3 Å². The van der Waals surface area contributed by atoms with E-state index < -0.39 is 0 Å². The third-order valence-corrected chi connectivity index (χ3v) is 4.91. The Bertz CT molecular complexity index is 508. The average Bonchev–Trinajstić information content (AvgIpc) is 2.94. The van der Waals surface area contributed by atoms with Crippen LogP contribution in [0.5, 0.6) is 0 Å². The maximum absolute atomic E-state index is 6.09. The number of alkyl halides is 1. The summed E-state index contributed by atoms with van der Waals surface area (Å²) in [6, 6.07) is 0.506. The van der Waals surface area contributed by atoms with Crippen molar-refractivity contribution in [2.75, 3.05) is 24.0 Å². The second-order valence-corrected chi connectivity index (χ2v) is 6.25. The number of aromatic nitrogens is 2. The molecule has 2 rings (SSSR count). The number of thioether (sulfide) groups is 1. The molecule has 2 aromatic rings. The van der Waals surface area contributed by atoms with Gasteiger partial charge in [-0.25, -0.2) is 4.98 Å². The molecule has 0 fully saturated rings. The third kappa shape index (κ3) is 2.49. The topological polar surface area (TPSA) is 20.5 Å². The van der Waals surface area contributed by atoms with E-state index in [2.05, 4.69) is 29.5 Å². The van der Waals surface area contributed by atoms with Gasteiger partial charge in [0.15, 0.2) is 10.8 Å². The van der Waals surface area contributed by atoms with E-state index in [0.29, 0.717) is 11.9 Å². The van der Waals surface area contributed by atoms with Crippen molar-refractivity contribution < 1.29 is 0 Å². The standard InChI is InChI=1S/C12H18ClN3S2/c1-4-9(8-17-3)15(2)11-10(7-13)16-5-6-18-12(16)14-11/h5-6,9H,4,7-8H2,1-3H3. The molecule has 100 valence electrons. The fourth-order valence-corrected chi connectivity index (χ4v) is 3.92. The van der Waals surface area contributed by atoms with Crippen molar-refractivity contribution in [1.29, 1.82) is 0 Å². The smallest absolute Gasteiger partial charge is 0.195 e. The van der Waals surface area contributed by atoms with E-state index in [-0.39, 0.29) is 0 Å². The highest BCUT2D eigenvalue weighted by Gasteiger charge is 2.20. The summed E-state index contributed by atoms with van der Waals surface area (Å²) in [5.41, 5.74) is 1.09. The van der Waals surface area contributed by atoms with Crippen molar-refractivity contribution in [1.82, 2.24) is 9.38 Å². The maximum Gasteiger partial charge on any atom is 0.195 e. The summed E-state index contributed by atoms with van der Waals surface area (Å²) in [6.45, 7) is 2.22. The molecule has 0 radical (unpaired) electrons. The number of nitrogens with zero attached hydrogens (tertiary/aromatic N) is 3. The molecule has 0 saturated carbocycles. The molecule has 0 aliphatic carbocycles. The zero-order valence-corrected chi connectivity index (χ0v) is 13.3. The predicted molar refractivity (Wildman–Crippen MR) is 83.5 cm³/mol. The molecule has 18 heavy (non-hydrogen) atoms. The number of rotatable bonds is 6. The lowest BCUT2D eigenvalue weighted by Gasteiger charge is -2.27. The molecule has 0 aromatic carbocycles. The first-order chi connectivity index (χ1) is 8.72. The van der Waals surface area contributed by atoms with Crippen LogP contribution in [0.25, 0.3) is 4.96 Å². The predicted octanol–water partition coefficient (Wildman–Crippen LogP) is 3.71. The molecule has 1 unspecified atom stereocenters. The Hall–Kier alpha value is -0.390. The van der Waals surface area contributed by atoms with E-state index in [1.165, 1.54) is 0 Å². The number of anilines is 1. The minimum Gasteiger partial charge on any atom is -0.354 e. The van der Waals surface area contributed by atoms with Gasteiger partial charge in [-0.15, -0.1) is 22.9 Å². The molecule has 0 N–H and O–H groups in total. The minimum atomic E-state index is 0.493. The van der Waals surface area contributed by atoms with Crippen LogP contribution in [0.3, 0.4) is 0 Å². The lowest BCUT2D eigenvalue weighted by atomic mass is 10.2. The first-order valence-corrected chi connectivity index (χ1v) is 8.75. The van der Waals surface area contributed by atoms with Crippen LogP contribution in [0, 0.1) is 0 Å². The van der Waals surface area contributed by atoms with Crippen molar-refractivity contribution in [3.05, 3.63) is 17.3 Å². The molecule has 2 heterocycles. The Balaban J connectivity index is 2.36. The molecule has 0 aliphatic rings. The number of halogens is 1. The molecule has 0 spiro atoms. The third-order valence-electron chi connectivity index (χ3n) is 3.18. The lowest BCUT2D eigenvalue weighted by Crippen LogP contribution is -2.34. The van der Waals surface area contributed by atoms with E-state index in [1.54, 1.807) is 11.3 Å². The number of thiazole rings is 1. The molecule has 0 saturated heterocycles. The minimum absolute atomic E-state index is 0.493. The zero-order chi connectivity index (χ0) is 13.1. The molecular formula is C12H18ClN3S2. The van der Waals surface area contributed by atoms with Gasteiger partial charge in [-0.05, 0) is 12.7 Å². The highest BCUT2D eigenvalue weighted by molar-refractivity contribution is 7.98. The van der Waals surface area contributed by atoms with E-state index in [0.717, 1.165) is 28.6 Å². The Morgan fingerprint density at radius 2 is 2.39 bits per heavy atom. The van der Waals surface area contributed by atoms with Crippen molar-refractivity contribution in [2.24, 2.45) is 0 Å². The van der Waals surface area contributed by atoms with Crippen molar-refractivity contribution >= 4 is 45.5 Å². The summed E-state index contributed by atoms with van der Waals surface area (Å²) in [5.74, 6) is 2.63. The quantitative estimate of drug-likeness (QED) is 0.759. The number of imidazole rings is 1. The van der Waals surface area contributed by atoms with Crippen LogP contribution in [0.2, 0.25) is 0 Å². The zero-order valence-electron chi connectivity index (χ0n) is 10.9. The number of fused-ring (bicyclic) bond motifs is 1. The van der Waals surface area contributed by atoms with Crippen LogP contribution >= 0.6 is 34.7 Å². The highest BCUT2D eigenvalue weighted by atomic mass is 35.5. The van der Waals surface area contributed by atoms with Gasteiger partial charge in [0.25, 0.3) is 0 Å². The summed E-state index contributed by atoms with van der Waals surface area (Å²) in [7, 11) is 2.12. The fraction of sp³-hybridized carbons (Fsp3) is 0.583. The van der Waals surface area contributed by atoms with Crippen molar-refractivity contribution in [3.8, 4) is 0 Å². The monoisotopic (exact) mass is 303 g/mol. The molecule has 0 aliphatic heterocycles. The van der Waals surface area contributed by atoms with Crippen LogP contribution < -0.4 is 4.90 Å². The molecular weight excluding hydrogens is 286 g/mol. The molecule has 1 atom stereocenters. The number of hydrogen-bond donors (Lipinski definition) is 0. The van der Waals surface area contributed by atoms with Gasteiger partial charge in [0.05, 0.1) is 11.6 Å². The molecule has 6 heteroatoms. The van der Waals surface area contributed by atoms with E-state index in [4.69, 9.17) is 16.6 Å². The molecule has 0 amide bonds. The highest BCUT2D eigenvalue weighted by Crippen LogP contribution is 2.27. The van der Waals surface area contributed by atoms with Gasteiger partial charge in [0.1, 0.15) is 0 Å². The Labute approximate surface area is 121 Å². The second kappa shape index (κ2) is 6.17. The van der Waals surface area contributed by atoms with Crippen molar-refractivity contribution in [3.63, 3.8) is 0 Å². The van der Waals surface area contributed by atoms with Crippen molar-refractivity contribution in [2.45, 2.75) is 25.3 Å². The first-order valence-electron chi connectivity index (χ1n) is 5.95. The van der Waals surface area contributed by atoms with E-state index >= 15 is 0 Å². The van der Waals surface area contributed by atoms with Crippen LogP contribution in [0.1, 0.15) is 19.0 Å². The van der Waals surface area contributed by atoms with Gasteiger partial charge in [0, 0.05) is 30.4 Å². The maximum atomic E-state index is 6.09. The van der Waals surface area contributed by atoms with Crippen LogP contribution in [0.15, 0.2) is 11.6 Å². The Morgan fingerprint density at radius 1 is 1.61 bits per heavy atom. The van der Waals surface area contributed by atoms with Crippen LogP contribution in [-0.2, 0) is 5.88 Å². The van der Waals surface area contributed by atoms with E-state index in [9.17, 15) is 0 Å². The Morgan fingerprint density at radius 3 is 3.00 bits per heavy atom. The van der Waals surface area contributed by atoms with Crippen LogP contribution in [0.4, 0.5) is 5.82 Å². The number of hydrogen-bond acceptors (Lipinski definition) is 4. The second-order valence-electron chi connectivity index (χ2n) is 4.20. The Kier molecular flexibility index (Phi) is 4.81. The largest absolute Gasteiger partial charge is 0.354 e. The fourth-order valence-electron chi connectivity index (χ4n) is 2.10. The van der Waals surface area contributed by atoms with Gasteiger partial charge < -0.3 is 4.90 Å².